The summed E-state index contributed by atoms with van der Waals surface area (Å²) < 4.78 is 0. The van der Waals surface area contributed by atoms with E-state index < -0.39 is 11.7 Å². The van der Waals surface area contributed by atoms with Gasteiger partial charge in [0, 0.05) is 30.9 Å². The van der Waals surface area contributed by atoms with Crippen LogP contribution < -0.4 is 15.5 Å². The Balaban J connectivity index is 1.81. The minimum atomic E-state index is -0.626. The Morgan fingerprint density at radius 1 is 1.00 bits per heavy atom. The third kappa shape index (κ3) is 2.48. The second-order valence-electron chi connectivity index (χ2n) is 6.08. The summed E-state index contributed by atoms with van der Waals surface area (Å²) >= 11 is 0. The highest BCUT2D eigenvalue weighted by molar-refractivity contribution is 6.54. The molecule has 4 rings (SSSR count). The number of carbonyl (C=O) groups is 2. The monoisotopic (exact) mass is 332 g/mol. The average Bonchev–Trinajstić information content (AvgIpc) is 2.91. The predicted octanol–water partition coefficient (Wildman–Crippen LogP) is 3.18. The first-order valence-electron chi connectivity index (χ1n) is 7.87. The smallest absolute Gasteiger partial charge is 0.296 e. The van der Waals surface area contributed by atoms with Crippen LogP contribution in [0.2, 0.25) is 0 Å². The fourth-order valence-electron chi connectivity index (χ4n) is 2.92. The summed E-state index contributed by atoms with van der Waals surface area (Å²) in [7, 11) is 3.95. The third-order valence-electron chi connectivity index (χ3n) is 4.21. The number of para-hydroxylation sites is 1. The maximum Gasteiger partial charge on any atom is 0.296 e. The Morgan fingerprint density at radius 3 is 2.44 bits per heavy atom. The minimum absolute atomic E-state index is 0.378. The van der Waals surface area contributed by atoms with Crippen LogP contribution in [0.1, 0.15) is 10.4 Å². The van der Waals surface area contributed by atoms with Crippen LogP contribution in [-0.4, -0.2) is 30.8 Å². The molecule has 25 heavy (non-hydrogen) atoms. The van der Waals surface area contributed by atoms with Gasteiger partial charge >= 0.3 is 0 Å². The van der Waals surface area contributed by atoms with Gasteiger partial charge in [-0.3, -0.25) is 9.59 Å². The van der Waals surface area contributed by atoms with Gasteiger partial charge in [0.25, 0.3) is 11.7 Å². The highest BCUT2D eigenvalue weighted by atomic mass is 16.2. The van der Waals surface area contributed by atoms with Crippen molar-refractivity contribution >= 4 is 45.5 Å². The second kappa shape index (κ2) is 5.59. The number of ketones is 1. The Labute approximate surface area is 144 Å². The molecule has 0 radical (unpaired) electrons. The van der Waals surface area contributed by atoms with Crippen LogP contribution in [0, 0.1) is 0 Å². The number of carbonyl (C=O) groups excluding carboxylic acids is 2. The number of aromatic nitrogens is 1. The molecule has 0 fully saturated rings. The molecule has 0 saturated carbocycles. The maximum absolute atomic E-state index is 12.3. The third-order valence-corrected chi connectivity index (χ3v) is 4.21. The van der Waals surface area contributed by atoms with Crippen LogP contribution in [0.15, 0.2) is 48.5 Å². The number of anilines is 4. The van der Waals surface area contributed by atoms with Gasteiger partial charge in [-0.05, 0) is 30.3 Å². The molecule has 6 heteroatoms. The van der Waals surface area contributed by atoms with Crippen LogP contribution in [0.25, 0.3) is 10.9 Å². The van der Waals surface area contributed by atoms with Gasteiger partial charge in [0.2, 0.25) is 0 Å². The lowest BCUT2D eigenvalue weighted by Crippen LogP contribution is -2.12. The molecule has 124 valence electrons. The number of hydrogen-bond acceptors (Lipinski definition) is 5. The first-order chi connectivity index (χ1) is 12.0. The summed E-state index contributed by atoms with van der Waals surface area (Å²) in [6, 6.07) is 15.1. The maximum atomic E-state index is 12.3. The van der Waals surface area contributed by atoms with Crippen LogP contribution in [0.4, 0.5) is 22.9 Å². The standard InChI is InChI=1S/C19H16N4O2/c1-23(2)12-9-7-11(8-10-12)20-18-16-15(17(24)19(25)22-16)13-5-3-4-6-14(13)21-18/h3-10H,1-2H3,(H,20,21)(H,22,24,25). The molecule has 2 heterocycles. The molecule has 2 aromatic carbocycles. The van der Waals surface area contributed by atoms with E-state index in [2.05, 4.69) is 15.6 Å². The summed E-state index contributed by atoms with van der Waals surface area (Å²) in [5, 5.41) is 6.52. The second-order valence-corrected chi connectivity index (χ2v) is 6.08. The van der Waals surface area contributed by atoms with E-state index in [0.29, 0.717) is 28.0 Å². The number of fused-ring (bicyclic) bond motifs is 3. The fraction of sp³-hybridized carbons (Fsp3) is 0.105. The molecule has 0 spiro atoms. The van der Waals surface area contributed by atoms with E-state index >= 15 is 0 Å². The fourth-order valence-corrected chi connectivity index (χ4v) is 2.92. The highest BCUT2D eigenvalue weighted by Gasteiger charge is 2.33. The lowest BCUT2D eigenvalue weighted by atomic mass is 10.1. The molecular weight excluding hydrogens is 316 g/mol. The molecule has 1 amide bonds. The predicted molar refractivity (Wildman–Crippen MR) is 98.8 cm³/mol. The molecule has 0 atom stereocenters. The topological polar surface area (TPSA) is 74.3 Å². The summed E-state index contributed by atoms with van der Waals surface area (Å²) in [6.45, 7) is 0. The molecule has 0 aliphatic carbocycles. The van der Waals surface area contributed by atoms with Crippen LogP contribution in [-0.2, 0) is 4.79 Å². The van der Waals surface area contributed by atoms with E-state index in [1.807, 2.05) is 61.5 Å². The van der Waals surface area contributed by atoms with E-state index in [4.69, 9.17) is 0 Å². The van der Waals surface area contributed by atoms with Crippen molar-refractivity contribution in [2.75, 3.05) is 29.6 Å². The van der Waals surface area contributed by atoms with Crippen molar-refractivity contribution in [3.05, 3.63) is 54.1 Å². The largest absolute Gasteiger partial charge is 0.378 e. The van der Waals surface area contributed by atoms with Crippen LogP contribution >= 0.6 is 0 Å². The molecule has 0 bridgehead atoms. The summed E-state index contributed by atoms with van der Waals surface area (Å²) in [5.74, 6) is -0.690. The van der Waals surface area contributed by atoms with Gasteiger partial charge in [-0.25, -0.2) is 4.98 Å². The number of rotatable bonds is 3. The average molecular weight is 332 g/mol. The summed E-state index contributed by atoms with van der Waals surface area (Å²) in [5.41, 5.74) is 3.38. The van der Waals surface area contributed by atoms with Gasteiger partial charge in [-0.15, -0.1) is 0 Å². The van der Waals surface area contributed by atoms with Gasteiger partial charge in [0.15, 0.2) is 5.82 Å². The Hall–Kier alpha value is -3.41. The molecular formula is C19H16N4O2. The van der Waals surface area contributed by atoms with Crippen molar-refractivity contribution in [1.29, 1.82) is 0 Å². The van der Waals surface area contributed by atoms with Crippen LogP contribution in [0.3, 0.4) is 0 Å². The first-order valence-corrected chi connectivity index (χ1v) is 7.87. The van der Waals surface area contributed by atoms with Gasteiger partial charge in [0.05, 0.1) is 16.8 Å². The number of Topliss-reactive ketones (excluding diaryl/α,β-unsaturated/α-hetero) is 1. The molecule has 0 saturated heterocycles. The van der Waals surface area contributed by atoms with Crippen molar-refractivity contribution in [3.63, 3.8) is 0 Å². The Morgan fingerprint density at radius 2 is 1.72 bits per heavy atom. The number of benzene rings is 2. The summed E-state index contributed by atoms with van der Waals surface area (Å²) in [6.07, 6.45) is 0. The number of nitrogens with one attached hydrogen (secondary N) is 2. The van der Waals surface area contributed by atoms with Crippen molar-refractivity contribution in [2.24, 2.45) is 0 Å². The Bertz CT molecular complexity index is 1010. The van der Waals surface area contributed by atoms with Crippen LogP contribution in [0.5, 0.6) is 0 Å². The number of pyridine rings is 1. The van der Waals surface area contributed by atoms with E-state index in [1.165, 1.54) is 0 Å². The van der Waals surface area contributed by atoms with E-state index in [1.54, 1.807) is 6.07 Å². The zero-order valence-corrected chi connectivity index (χ0v) is 13.8. The molecule has 1 aliphatic heterocycles. The number of nitrogens with zero attached hydrogens (tertiary/aromatic N) is 2. The molecule has 6 nitrogen and oxygen atoms in total. The van der Waals surface area contributed by atoms with Gasteiger partial charge in [0.1, 0.15) is 0 Å². The highest BCUT2D eigenvalue weighted by Crippen LogP contribution is 2.37. The zero-order valence-electron chi connectivity index (χ0n) is 13.8. The zero-order chi connectivity index (χ0) is 17.6. The lowest BCUT2D eigenvalue weighted by molar-refractivity contribution is -0.112. The van der Waals surface area contributed by atoms with Crippen molar-refractivity contribution < 1.29 is 9.59 Å². The van der Waals surface area contributed by atoms with Gasteiger partial charge < -0.3 is 15.5 Å². The number of amides is 1. The van der Waals surface area contributed by atoms with E-state index in [0.717, 1.165) is 11.4 Å². The van der Waals surface area contributed by atoms with E-state index in [9.17, 15) is 9.59 Å². The molecule has 2 N–H and O–H groups in total. The normalized spacial score (nSPS) is 12.9. The van der Waals surface area contributed by atoms with E-state index in [-0.39, 0.29) is 0 Å². The summed E-state index contributed by atoms with van der Waals surface area (Å²) in [4.78, 5) is 30.7. The van der Waals surface area contributed by atoms with Crippen molar-refractivity contribution in [1.82, 2.24) is 4.98 Å². The molecule has 1 aromatic heterocycles. The van der Waals surface area contributed by atoms with Crippen molar-refractivity contribution in [2.45, 2.75) is 0 Å². The van der Waals surface area contributed by atoms with Gasteiger partial charge in [-0.1, -0.05) is 18.2 Å². The Kier molecular flexibility index (Phi) is 3.39. The van der Waals surface area contributed by atoms with Crippen molar-refractivity contribution in [3.8, 4) is 0 Å². The lowest BCUT2D eigenvalue weighted by Gasteiger charge is -2.14. The first kappa shape index (κ1) is 15.1. The SMILES string of the molecule is CN(C)c1ccc(Nc2nc3ccccc3c3c2NC(=O)C3=O)cc1. The molecule has 1 aliphatic rings. The number of hydrogen-bond donors (Lipinski definition) is 2. The van der Waals surface area contributed by atoms with Gasteiger partial charge in [-0.2, -0.15) is 0 Å². The quantitative estimate of drug-likeness (QED) is 0.721. The minimum Gasteiger partial charge on any atom is -0.378 e. The molecule has 3 aromatic rings. The molecule has 0 unspecified atom stereocenters.